The minimum absolute atomic E-state index is 0.265. The summed E-state index contributed by atoms with van der Waals surface area (Å²) in [6, 6.07) is 24.4. The maximum atomic E-state index is 13.5. The van der Waals surface area contributed by atoms with E-state index in [4.69, 9.17) is 18.9 Å². The number of ether oxygens (including phenoxy) is 4. The Labute approximate surface area is 215 Å². The van der Waals surface area contributed by atoms with Gasteiger partial charge >= 0.3 is 0 Å². The second-order valence-electron chi connectivity index (χ2n) is 8.47. The normalized spacial score (nSPS) is 10.8. The van der Waals surface area contributed by atoms with Crippen molar-refractivity contribution in [2.75, 3.05) is 28.4 Å². The molecule has 0 amide bonds. The zero-order valence-electron chi connectivity index (χ0n) is 21.0. The highest BCUT2D eigenvalue weighted by molar-refractivity contribution is 5.89. The van der Waals surface area contributed by atoms with Crippen molar-refractivity contribution in [1.29, 1.82) is 0 Å². The van der Waals surface area contributed by atoms with Crippen molar-refractivity contribution in [2.45, 2.75) is 0 Å². The van der Waals surface area contributed by atoms with E-state index in [0.717, 1.165) is 44.3 Å². The molecular weight excluding hydrogens is 469 g/mol. The lowest BCUT2D eigenvalue weighted by Gasteiger charge is -2.17. The summed E-state index contributed by atoms with van der Waals surface area (Å²) in [4.78, 5) is 4.66. The summed E-state index contributed by atoms with van der Waals surface area (Å²) >= 11 is 0. The quantitative estimate of drug-likeness (QED) is 0.235. The second kappa shape index (κ2) is 10.2. The monoisotopic (exact) mass is 495 g/mol. The molecule has 0 aliphatic rings. The van der Waals surface area contributed by atoms with Crippen LogP contribution < -0.4 is 18.9 Å². The number of methoxy groups -OCH3 is 4. The third-order valence-corrected chi connectivity index (χ3v) is 6.35. The number of fused-ring (bicyclic) bond motifs is 1. The molecular formula is C31H26FNO4. The SMILES string of the molecule is COc1cc2cc(-c3cc(OC)c(OC)c(-c4cccc(-c5ccc(F)cc5)c4)c3)cnc2cc1OC. The fourth-order valence-corrected chi connectivity index (χ4v) is 4.47. The van der Waals surface area contributed by atoms with Crippen LogP contribution in [0, 0.1) is 5.82 Å². The highest BCUT2D eigenvalue weighted by Gasteiger charge is 2.17. The molecule has 0 N–H and O–H groups in total. The molecule has 0 radical (unpaired) electrons. The molecule has 0 atom stereocenters. The summed E-state index contributed by atoms with van der Waals surface area (Å²) in [5.74, 6) is 2.24. The molecule has 0 spiro atoms. The average molecular weight is 496 g/mol. The van der Waals surface area contributed by atoms with Crippen LogP contribution in [0.2, 0.25) is 0 Å². The van der Waals surface area contributed by atoms with E-state index in [-0.39, 0.29) is 5.82 Å². The largest absolute Gasteiger partial charge is 0.493 e. The summed E-state index contributed by atoms with van der Waals surface area (Å²) in [6.07, 6.45) is 1.83. The Hall–Kier alpha value is -4.58. The highest BCUT2D eigenvalue weighted by Crippen LogP contribution is 2.43. The first kappa shape index (κ1) is 24.1. The van der Waals surface area contributed by atoms with E-state index in [2.05, 4.69) is 23.2 Å². The number of nitrogens with zero attached hydrogens (tertiary/aromatic N) is 1. The molecule has 6 heteroatoms. The van der Waals surface area contributed by atoms with Gasteiger partial charge in [0, 0.05) is 28.8 Å². The lowest BCUT2D eigenvalue weighted by atomic mass is 9.95. The van der Waals surface area contributed by atoms with E-state index >= 15 is 0 Å². The number of rotatable bonds is 7. The molecule has 186 valence electrons. The zero-order valence-corrected chi connectivity index (χ0v) is 21.0. The third kappa shape index (κ3) is 4.66. The van der Waals surface area contributed by atoms with Crippen LogP contribution in [0.15, 0.2) is 85.1 Å². The Kier molecular flexibility index (Phi) is 6.64. The Morgan fingerprint density at radius 3 is 1.97 bits per heavy atom. The van der Waals surface area contributed by atoms with Gasteiger partial charge in [-0.2, -0.15) is 0 Å². The number of aromatic nitrogens is 1. The van der Waals surface area contributed by atoms with Gasteiger partial charge in [-0.05, 0) is 64.7 Å². The van der Waals surface area contributed by atoms with Crippen molar-refractivity contribution >= 4 is 10.9 Å². The molecule has 37 heavy (non-hydrogen) atoms. The van der Waals surface area contributed by atoms with Crippen LogP contribution in [0.3, 0.4) is 0 Å². The zero-order chi connectivity index (χ0) is 25.9. The van der Waals surface area contributed by atoms with Crippen LogP contribution in [0.25, 0.3) is 44.3 Å². The predicted octanol–water partition coefficient (Wildman–Crippen LogP) is 7.41. The Morgan fingerprint density at radius 1 is 0.568 bits per heavy atom. The minimum Gasteiger partial charge on any atom is -0.493 e. The summed E-state index contributed by atoms with van der Waals surface area (Å²) < 4.78 is 35.9. The highest BCUT2D eigenvalue weighted by atomic mass is 19.1. The smallest absolute Gasteiger partial charge is 0.168 e. The van der Waals surface area contributed by atoms with Gasteiger partial charge in [0.05, 0.1) is 34.0 Å². The van der Waals surface area contributed by atoms with Gasteiger partial charge in [-0.1, -0.05) is 30.3 Å². The van der Waals surface area contributed by atoms with Crippen LogP contribution in [-0.2, 0) is 0 Å². The molecule has 5 nitrogen and oxygen atoms in total. The fraction of sp³-hybridized carbons (Fsp3) is 0.129. The van der Waals surface area contributed by atoms with Crippen molar-refractivity contribution in [3.8, 4) is 56.4 Å². The summed E-state index contributed by atoms with van der Waals surface area (Å²) in [7, 11) is 6.47. The van der Waals surface area contributed by atoms with Gasteiger partial charge in [0.15, 0.2) is 23.0 Å². The first-order chi connectivity index (χ1) is 18.0. The molecule has 0 fully saturated rings. The lowest BCUT2D eigenvalue weighted by Crippen LogP contribution is -1.96. The molecule has 0 aliphatic carbocycles. The number of hydrogen-bond donors (Lipinski definition) is 0. The summed E-state index contributed by atoms with van der Waals surface area (Å²) in [5.41, 5.74) is 6.34. The van der Waals surface area contributed by atoms with Gasteiger partial charge in [0.25, 0.3) is 0 Å². The van der Waals surface area contributed by atoms with E-state index in [1.165, 1.54) is 12.1 Å². The van der Waals surface area contributed by atoms with Crippen LogP contribution in [0.5, 0.6) is 23.0 Å². The number of hydrogen-bond acceptors (Lipinski definition) is 5. The molecule has 0 unspecified atom stereocenters. The van der Waals surface area contributed by atoms with Gasteiger partial charge < -0.3 is 18.9 Å². The maximum absolute atomic E-state index is 13.5. The van der Waals surface area contributed by atoms with Gasteiger partial charge in [0.2, 0.25) is 0 Å². The minimum atomic E-state index is -0.265. The van der Waals surface area contributed by atoms with Crippen molar-refractivity contribution in [3.05, 3.63) is 90.9 Å². The molecule has 1 aromatic heterocycles. The fourth-order valence-electron chi connectivity index (χ4n) is 4.47. The van der Waals surface area contributed by atoms with E-state index in [1.54, 1.807) is 40.6 Å². The van der Waals surface area contributed by atoms with E-state index in [1.807, 2.05) is 42.6 Å². The molecule has 0 aliphatic heterocycles. The Morgan fingerprint density at radius 2 is 1.27 bits per heavy atom. The molecule has 0 saturated heterocycles. The molecule has 4 aromatic carbocycles. The van der Waals surface area contributed by atoms with Gasteiger partial charge in [-0.15, -0.1) is 0 Å². The first-order valence-electron chi connectivity index (χ1n) is 11.7. The Balaban J connectivity index is 1.65. The standard InChI is InChI=1S/C31H26FNO4/c1-34-28-16-23-13-24(18-33-27(23)17-29(28)35-2)22-14-26(31(37-4)30(15-22)36-3)21-7-5-6-20(12-21)19-8-10-25(32)11-9-19/h5-18H,1-4H3. The molecule has 5 rings (SSSR count). The van der Waals surface area contributed by atoms with E-state index in [0.29, 0.717) is 23.0 Å². The van der Waals surface area contributed by atoms with Gasteiger partial charge in [-0.3, -0.25) is 4.98 Å². The third-order valence-electron chi connectivity index (χ3n) is 6.35. The molecule has 5 aromatic rings. The number of halogens is 1. The van der Waals surface area contributed by atoms with Crippen molar-refractivity contribution < 1.29 is 23.3 Å². The van der Waals surface area contributed by atoms with E-state index in [9.17, 15) is 4.39 Å². The van der Waals surface area contributed by atoms with Crippen LogP contribution >= 0.6 is 0 Å². The van der Waals surface area contributed by atoms with Gasteiger partial charge in [0.1, 0.15) is 5.82 Å². The van der Waals surface area contributed by atoms with E-state index < -0.39 is 0 Å². The molecule has 1 heterocycles. The van der Waals surface area contributed by atoms with Gasteiger partial charge in [-0.25, -0.2) is 4.39 Å². The average Bonchev–Trinajstić information content (AvgIpc) is 2.95. The topological polar surface area (TPSA) is 49.8 Å². The van der Waals surface area contributed by atoms with Crippen molar-refractivity contribution in [1.82, 2.24) is 4.98 Å². The molecule has 0 saturated carbocycles. The van der Waals surface area contributed by atoms with Crippen molar-refractivity contribution in [3.63, 3.8) is 0 Å². The maximum Gasteiger partial charge on any atom is 0.168 e. The lowest BCUT2D eigenvalue weighted by molar-refractivity contribution is 0.356. The van der Waals surface area contributed by atoms with Crippen LogP contribution in [-0.4, -0.2) is 33.4 Å². The summed E-state index contributed by atoms with van der Waals surface area (Å²) in [6.45, 7) is 0. The van der Waals surface area contributed by atoms with Crippen molar-refractivity contribution in [2.24, 2.45) is 0 Å². The Bertz CT molecular complexity index is 1580. The first-order valence-corrected chi connectivity index (χ1v) is 11.7. The number of pyridine rings is 1. The number of benzene rings is 4. The van der Waals surface area contributed by atoms with Crippen LogP contribution in [0.1, 0.15) is 0 Å². The molecule has 0 bridgehead atoms. The second-order valence-corrected chi connectivity index (χ2v) is 8.47. The van der Waals surface area contributed by atoms with Crippen LogP contribution in [0.4, 0.5) is 4.39 Å². The summed E-state index contributed by atoms with van der Waals surface area (Å²) in [5, 5.41) is 0.921. The predicted molar refractivity (Wildman–Crippen MR) is 144 cm³/mol.